The Morgan fingerprint density at radius 2 is 2.25 bits per heavy atom. The van der Waals surface area contributed by atoms with E-state index in [1.54, 1.807) is 0 Å². The van der Waals surface area contributed by atoms with Gasteiger partial charge in [-0.25, -0.2) is 8.78 Å². The Kier molecular flexibility index (Phi) is 3.35. The number of aliphatic hydroxyl groups excluding tert-OH is 1. The number of allylic oxidation sites excluding steroid dienone is 1. The van der Waals surface area contributed by atoms with Gasteiger partial charge in [0.15, 0.2) is 0 Å². The Labute approximate surface area is 46.6 Å². The molecule has 0 aromatic rings. The minimum Gasteiger partial charge on any atom is -0.392 e. The van der Waals surface area contributed by atoms with Crippen molar-refractivity contribution in [2.75, 3.05) is 6.61 Å². The summed E-state index contributed by atoms with van der Waals surface area (Å²) in [6, 6.07) is 0. The molecule has 1 nitrogen and oxygen atoms in total. The molecule has 8 heavy (non-hydrogen) atoms. The SMILES string of the molecule is C/C(=C\CO)C(F)F. The van der Waals surface area contributed by atoms with Crippen molar-refractivity contribution in [3.8, 4) is 0 Å². The quantitative estimate of drug-likeness (QED) is 0.545. The van der Waals surface area contributed by atoms with Crippen LogP contribution in [0, 0.1) is 0 Å². The van der Waals surface area contributed by atoms with E-state index in [0.717, 1.165) is 6.08 Å². The summed E-state index contributed by atoms with van der Waals surface area (Å²) >= 11 is 0. The van der Waals surface area contributed by atoms with Crippen molar-refractivity contribution in [2.24, 2.45) is 0 Å². The number of rotatable bonds is 2. The minimum absolute atomic E-state index is 0.0764. The van der Waals surface area contributed by atoms with Crippen molar-refractivity contribution in [3.63, 3.8) is 0 Å². The fraction of sp³-hybridized carbons (Fsp3) is 0.600. The Balaban J connectivity index is 3.61. The van der Waals surface area contributed by atoms with Crippen LogP contribution in [0.3, 0.4) is 0 Å². The lowest BCUT2D eigenvalue weighted by atomic mass is 10.3. The van der Waals surface area contributed by atoms with Gasteiger partial charge in [-0.3, -0.25) is 0 Å². The molecule has 0 aromatic heterocycles. The molecule has 0 aliphatic carbocycles. The van der Waals surface area contributed by atoms with Crippen LogP contribution in [0.5, 0.6) is 0 Å². The molecule has 0 fully saturated rings. The van der Waals surface area contributed by atoms with Crippen LogP contribution in [0.25, 0.3) is 0 Å². The maximum Gasteiger partial charge on any atom is 0.259 e. The van der Waals surface area contributed by atoms with Crippen molar-refractivity contribution in [1.29, 1.82) is 0 Å². The molecule has 0 saturated heterocycles. The summed E-state index contributed by atoms with van der Waals surface area (Å²) in [4.78, 5) is 0. The van der Waals surface area contributed by atoms with Gasteiger partial charge in [0.25, 0.3) is 6.43 Å². The molecule has 0 bridgehead atoms. The highest BCUT2D eigenvalue weighted by Crippen LogP contribution is 2.05. The molecular formula is C5H8F2O. The second kappa shape index (κ2) is 3.55. The van der Waals surface area contributed by atoms with Crippen molar-refractivity contribution in [3.05, 3.63) is 11.6 Å². The zero-order chi connectivity index (χ0) is 6.57. The van der Waals surface area contributed by atoms with Crippen LogP contribution in [0.2, 0.25) is 0 Å². The summed E-state index contributed by atoms with van der Waals surface area (Å²) in [5, 5.41) is 8.08. The molecule has 0 aliphatic rings. The molecule has 0 radical (unpaired) electrons. The van der Waals surface area contributed by atoms with Crippen LogP contribution < -0.4 is 0 Å². The van der Waals surface area contributed by atoms with Gasteiger partial charge in [-0.05, 0) is 12.5 Å². The van der Waals surface area contributed by atoms with Gasteiger partial charge < -0.3 is 5.11 Å². The van der Waals surface area contributed by atoms with Crippen LogP contribution >= 0.6 is 0 Å². The summed E-state index contributed by atoms with van der Waals surface area (Å²) in [6.45, 7) is 0.969. The van der Waals surface area contributed by atoms with Crippen molar-refractivity contribution in [2.45, 2.75) is 13.3 Å². The molecule has 0 rings (SSSR count). The first kappa shape index (κ1) is 7.56. The maximum absolute atomic E-state index is 11.4. The molecule has 1 N–H and O–H groups in total. The van der Waals surface area contributed by atoms with E-state index in [2.05, 4.69) is 0 Å². The molecule has 0 atom stereocenters. The monoisotopic (exact) mass is 122 g/mol. The van der Waals surface area contributed by atoms with Gasteiger partial charge in [0, 0.05) is 0 Å². The predicted molar refractivity (Wildman–Crippen MR) is 26.8 cm³/mol. The lowest BCUT2D eigenvalue weighted by molar-refractivity contribution is 0.188. The number of hydrogen-bond donors (Lipinski definition) is 1. The summed E-state index contributed by atoms with van der Waals surface area (Å²) in [7, 11) is 0. The van der Waals surface area contributed by atoms with Crippen molar-refractivity contribution >= 4 is 0 Å². The third kappa shape index (κ3) is 2.69. The van der Waals surface area contributed by atoms with E-state index in [0.29, 0.717) is 0 Å². The number of halogens is 2. The topological polar surface area (TPSA) is 20.2 Å². The van der Waals surface area contributed by atoms with Crippen LogP contribution in [-0.4, -0.2) is 18.1 Å². The lowest BCUT2D eigenvalue weighted by Crippen LogP contribution is -1.92. The van der Waals surface area contributed by atoms with Crippen LogP contribution in [0.4, 0.5) is 8.78 Å². The maximum atomic E-state index is 11.4. The molecule has 0 saturated carbocycles. The van der Waals surface area contributed by atoms with Crippen molar-refractivity contribution in [1.82, 2.24) is 0 Å². The van der Waals surface area contributed by atoms with Gasteiger partial charge in [-0.1, -0.05) is 6.08 Å². The lowest BCUT2D eigenvalue weighted by Gasteiger charge is -1.94. The third-order valence-corrected chi connectivity index (χ3v) is 0.757. The first-order valence-electron chi connectivity index (χ1n) is 2.24. The summed E-state index contributed by atoms with van der Waals surface area (Å²) in [6.07, 6.45) is -1.34. The Bertz CT molecular complexity index is 88.4. The number of alkyl halides is 2. The van der Waals surface area contributed by atoms with Crippen LogP contribution in [0.1, 0.15) is 6.92 Å². The molecule has 3 heteroatoms. The van der Waals surface area contributed by atoms with Gasteiger partial charge in [0.05, 0.1) is 6.61 Å². The largest absolute Gasteiger partial charge is 0.392 e. The summed E-state index contributed by atoms with van der Waals surface area (Å²) < 4.78 is 22.9. The fourth-order valence-electron chi connectivity index (χ4n) is 0.233. The zero-order valence-corrected chi connectivity index (χ0v) is 4.56. The van der Waals surface area contributed by atoms with E-state index in [1.807, 2.05) is 0 Å². The van der Waals surface area contributed by atoms with Crippen LogP contribution in [0.15, 0.2) is 11.6 Å². The molecule has 0 amide bonds. The Morgan fingerprint density at radius 3 is 2.38 bits per heavy atom. The Hall–Kier alpha value is -0.440. The van der Waals surface area contributed by atoms with Gasteiger partial charge in [0.1, 0.15) is 0 Å². The second-order valence-corrected chi connectivity index (χ2v) is 1.43. The normalized spacial score (nSPS) is 12.9. The Morgan fingerprint density at radius 1 is 1.75 bits per heavy atom. The number of aliphatic hydroxyl groups is 1. The highest BCUT2D eigenvalue weighted by atomic mass is 19.3. The molecular weight excluding hydrogens is 114 g/mol. The zero-order valence-electron chi connectivity index (χ0n) is 4.56. The molecule has 48 valence electrons. The summed E-state index contributed by atoms with van der Waals surface area (Å²) in [5.41, 5.74) is -0.0764. The van der Waals surface area contributed by atoms with Gasteiger partial charge >= 0.3 is 0 Å². The van der Waals surface area contributed by atoms with E-state index in [-0.39, 0.29) is 12.2 Å². The predicted octanol–water partition coefficient (Wildman–Crippen LogP) is 1.19. The average molecular weight is 122 g/mol. The third-order valence-electron chi connectivity index (χ3n) is 0.757. The molecule has 0 aromatic carbocycles. The first-order valence-corrected chi connectivity index (χ1v) is 2.24. The van der Waals surface area contributed by atoms with E-state index in [9.17, 15) is 8.78 Å². The molecule has 0 spiro atoms. The van der Waals surface area contributed by atoms with Gasteiger partial charge in [-0.15, -0.1) is 0 Å². The minimum atomic E-state index is -2.43. The first-order chi connectivity index (χ1) is 3.68. The number of hydrogen-bond acceptors (Lipinski definition) is 1. The summed E-state index contributed by atoms with van der Waals surface area (Å²) in [5.74, 6) is 0. The van der Waals surface area contributed by atoms with E-state index in [1.165, 1.54) is 6.92 Å². The standard InChI is InChI=1S/C5H8F2O/c1-4(2-3-8)5(6)7/h2,5,8H,3H2,1H3/b4-2+. The smallest absolute Gasteiger partial charge is 0.259 e. The van der Waals surface area contributed by atoms with E-state index in [4.69, 9.17) is 5.11 Å². The van der Waals surface area contributed by atoms with Gasteiger partial charge in [0.2, 0.25) is 0 Å². The highest BCUT2D eigenvalue weighted by molar-refractivity contribution is 5.00. The average Bonchev–Trinajstić information content (AvgIpc) is 1.67. The van der Waals surface area contributed by atoms with E-state index >= 15 is 0 Å². The molecule has 0 aliphatic heterocycles. The fourth-order valence-corrected chi connectivity index (χ4v) is 0.233. The van der Waals surface area contributed by atoms with Gasteiger partial charge in [-0.2, -0.15) is 0 Å². The highest BCUT2D eigenvalue weighted by Gasteiger charge is 2.01. The van der Waals surface area contributed by atoms with E-state index < -0.39 is 6.43 Å². The molecule has 0 heterocycles. The second-order valence-electron chi connectivity index (χ2n) is 1.43. The van der Waals surface area contributed by atoms with Crippen molar-refractivity contribution < 1.29 is 13.9 Å². The van der Waals surface area contributed by atoms with Crippen LogP contribution in [-0.2, 0) is 0 Å². The molecule has 0 unspecified atom stereocenters.